The first kappa shape index (κ1) is 17.4. The Morgan fingerprint density at radius 3 is 2.59 bits per heavy atom. The van der Waals surface area contributed by atoms with Crippen LogP contribution in [0.1, 0.15) is 29.5 Å². The fourth-order valence-corrected chi connectivity index (χ4v) is 3.83. The molecule has 3 amide bonds. The van der Waals surface area contributed by atoms with Crippen molar-refractivity contribution in [3.8, 4) is 5.75 Å². The molecule has 0 saturated carbocycles. The summed E-state index contributed by atoms with van der Waals surface area (Å²) in [5.74, 6) is 1.00. The van der Waals surface area contributed by atoms with Crippen LogP contribution in [0, 0.1) is 0 Å². The van der Waals surface area contributed by atoms with E-state index in [2.05, 4.69) is 10.6 Å². The lowest BCUT2D eigenvalue weighted by molar-refractivity contribution is -0.119. The SMILES string of the molecule is COc1ccc(CNC(=O)Nc2cc3c4c(c2)CCC(=O)N4CCC3)cc1. The highest BCUT2D eigenvalue weighted by Gasteiger charge is 2.29. The molecule has 27 heavy (non-hydrogen) atoms. The first-order valence-electron chi connectivity index (χ1n) is 9.28. The molecule has 4 rings (SSSR count). The lowest BCUT2D eigenvalue weighted by Crippen LogP contribution is -2.39. The van der Waals surface area contributed by atoms with Crippen molar-refractivity contribution in [1.29, 1.82) is 0 Å². The minimum Gasteiger partial charge on any atom is -0.497 e. The number of nitrogens with one attached hydrogen (secondary N) is 2. The average molecular weight is 365 g/mol. The molecule has 2 aromatic rings. The molecular formula is C21H23N3O3. The average Bonchev–Trinajstić information content (AvgIpc) is 2.69. The summed E-state index contributed by atoms with van der Waals surface area (Å²) in [6.45, 7) is 1.24. The molecule has 0 bridgehead atoms. The van der Waals surface area contributed by atoms with Crippen molar-refractivity contribution in [2.24, 2.45) is 0 Å². The Hall–Kier alpha value is -3.02. The molecule has 0 aliphatic carbocycles. The van der Waals surface area contributed by atoms with Gasteiger partial charge in [0, 0.05) is 25.2 Å². The number of carbonyl (C=O) groups is 2. The van der Waals surface area contributed by atoms with Gasteiger partial charge >= 0.3 is 6.03 Å². The molecule has 0 spiro atoms. The molecule has 0 atom stereocenters. The van der Waals surface area contributed by atoms with Crippen molar-refractivity contribution in [3.05, 3.63) is 53.1 Å². The third-order valence-electron chi connectivity index (χ3n) is 5.14. The van der Waals surface area contributed by atoms with Crippen molar-refractivity contribution >= 4 is 23.3 Å². The van der Waals surface area contributed by atoms with Crippen molar-refractivity contribution in [1.82, 2.24) is 5.32 Å². The number of hydrogen-bond acceptors (Lipinski definition) is 3. The Kier molecular flexibility index (Phi) is 4.71. The number of ether oxygens (including phenoxy) is 1. The minimum absolute atomic E-state index is 0.210. The number of rotatable bonds is 4. The van der Waals surface area contributed by atoms with Gasteiger partial charge in [0.2, 0.25) is 5.91 Å². The summed E-state index contributed by atoms with van der Waals surface area (Å²) in [5, 5.41) is 5.81. The Labute approximate surface area is 158 Å². The van der Waals surface area contributed by atoms with Crippen LogP contribution >= 0.6 is 0 Å². The van der Waals surface area contributed by atoms with Crippen LogP contribution in [-0.4, -0.2) is 25.6 Å². The van der Waals surface area contributed by atoms with Crippen LogP contribution in [0.4, 0.5) is 16.2 Å². The van der Waals surface area contributed by atoms with Crippen LogP contribution in [-0.2, 0) is 24.2 Å². The molecule has 0 unspecified atom stereocenters. The number of methoxy groups -OCH3 is 1. The highest BCUT2D eigenvalue weighted by Crippen LogP contribution is 2.37. The second-order valence-corrected chi connectivity index (χ2v) is 6.95. The van der Waals surface area contributed by atoms with E-state index in [0.717, 1.165) is 59.6 Å². The molecule has 0 aromatic heterocycles. The first-order valence-corrected chi connectivity index (χ1v) is 9.28. The monoisotopic (exact) mass is 365 g/mol. The van der Waals surface area contributed by atoms with Gasteiger partial charge in [-0.2, -0.15) is 0 Å². The maximum absolute atomic E-state index is 12.3. The summed E-state index contributed by atoms with van der Waals surface area (Å²) in [4.78, 5) is 26.3. The quantitative estimate of drug-likeness (QED) is 0.874. The zero-order chi connectivity index (χ0) is 18.8. The van der Waals surface area contributed by atoms with Gasteiger partial charge in [0.1, 0.15) is 5.75 Å². The second kappa shape index (κ2) is 7.31. The predicted molar refractivity (Wildman–Crippen MR) is 104 cm³/mol. The summed E-state index contributed by atoms with van der Waals surface area (Å²) < 4.78 is 5.14. The van der Waals surface area contributed by atoms with E-state index in [-0.39, 0.29) is 11.9 Å². The van der Waals surface area contributed by atoms with E-state index in [0.29, 0.717) is 13.0 Å². The van der Waals surface area contributed by atoms with Crippen LogP contribution in [0.25, 0.3) is 0 Å². The van der Waals surface area contributed by atoms with Gasteiger partial charge in [-0.1, -0.05) is 12.1 Å². The van der Waals surface area contributed by atoms with Gasteiger partial charge in [0.05, 0.1) is 12.8 Å². The number of amides is 3. The van der Waals surface area contributed by atoms with E-state index < -0.39 is 0 Å². The Bertz CT molecular complexity index is 860. The summed E-state index contributed by atoms with van der Waals surface area (Å²) in [5.41, 5.74) is 5.16. The maximum Gasteiger partial charge on any atom is 0.319 e. The summed E-state index contributed by atoms with van der Waals surface area (Å²) in [6.07, 6.45) is 3.18. The normalized spacial score (nSPS) is 15.1. The Morgan fingerprint density at radius 2 is 1.85 bits per heavy atom. The van der Waals surface area contributed by atoms with E-state index >= 15 is 0 Å². The molecule has 2 heterocycles. The third-order valence-corrected chi connectivity index (χ3v) is 5.14. The van der Waals surface area contributed by atoms with Crippen LogP contribution < -0.4 is 20.3 Å². The van der Waals surface area contributed by atoms with Crippen molar-refractivity contribution in [2.45, 2.75) is 32.2 Å². The smallest absolute Gasteiger partial charge is 0.319 e. The van der Waals surface area contributed by atoms with Gasteiger partial charge in [-0.25, -0.2) is 4.79 Å². The Balaban J connectivity index is 1.43. The number of anilines is 2. The van der Waals surface area contributed by atoms with Crippen molar-refractivity contribution in [3.63, 3.8) is 0 Å². The molecule has 6 nitrogen and oxygen atoms in total. The van der Waals surface area contributed by atoms with E-state index in [1.165, 1.54) is 0 Å². The molecule has 6 heteroatoms. The summed E-state index contributed by atoms with van der Waals surface area (Å²) in [7, 11) is 1.63. The number of urea groups is 1. The molecule has 0 fully saturated rings. The maximum atomic E-state index is 12.3. The lowest BCUT2D eigenvalue weighted by atomic mass is 9.91. The summed E-state index contributed by atoms with van der Waals surface area (Å²) >= 11 is 0. The number of benzene rings is 2. The van der Waals surface area contributed by atoms with Gasteiger partial charge in [-0.15, -0.1) is 0 Å². The zero-order valence-electron chi connectivity index (χ0n) is 15.4. The molecule has 2 aliphatic rings. The fourth-order valence-electron chi connectivity index (χ4n) is 3.83. The topological polar surface area (TPSA) is 70.7 Å². The van der Waals surface area contributed by atoms with Gasteiger partial charge in [0.25, 0.3) is 0 Å². The van der Waals surface area contributed by atoms with Gasteiger partial charge in [-0.3, -0.25) is 4.79 Å². The molecule has 140 valence electrons. The van der Waals surface area contributed by atoms with Crippen LogP contribution in [0.15, 0.2) is 36.4 Å². The van der Waals surface area contributed by atoms with E-state index in [1.807, 2.05) is 41.3 Å². The largest absolute Gasteiger partial charge is 0.497 e. The Morgan fingerprint density at radius 1 is 1.11 bits per heavy atom. The van der Waals surface area contributed by atoms with Crippen molar-refractivity contribution in [2.75, 3.05) is 23.9 Å². The molecule has 0 radical (unpaired) electrons. The van der Waals surface area contributed by atoms with Gasteiger partial charge in [-0.05, 0) is 60.2 Å². The highest BCUT2D eigenvalue weighted by molar-refractivity contribution is 5.99. The highest BCUT2D eigenvalue weighted by atomic mass is 16.5. The number of aryl methyl sites for hydroxylation is 2. The first-order chi connectivity index (χ1) is 13.1. The predicted octanol–water partition coefficient (Wildman–Crippen LogP) is 3.24. The van der Waals surface area contributed by atoms with Gasteiger partial charge < -0.3 is 20.3 Å². The molecule has 0 saturated heterocycles. The van der Waals surface area contributed by atoms with Gasteiger partial charge in [0.15, 0.2) is 0 Å². The van der Waals surface area contributed by atoms with E-state index in [9.17, 15) is 9.59 Å². The molecule has 2 aromatic carbocycles. The standard InChI is InChI=1S/C21H23N3O3/c1-27-18-7-4-14(5-8-18)13-22-21(26)23-17-11-15-3-2-10-24-19(25)9-6-16(12-17)20(15)24/h4-5,7-8,11-12H,2-3,6,9-10,13H2,1H3,(H2,22,23,26). The third kappa shape index (κ3) is 3.60. The summed E-state index contributed by atoms with van der Waals surface area (Å²) in [6, 6.07) is 11.3. The molecular weight excluding hydrogens is 342 g/mol. The van der Waals surface area contributed by atoms with E-state index in [1.54, 1.807) is 7.11 Å². The second-order valence-electron chi connectivity index (χ2n) is 6.95. The van der Waals surface area contributed by atoms with Crippen LogP contribution in [0.3, 0.4) is 0 Å². The fraction of sp³-hybridized carbons (Fsp3) is 0.333. The van der Waals surface area contributed by atoms with Crippen LogP contribution in [0.5, 0.6) is 5.75 Å². The molecule has 2 N–H and O–H groups in total. The number of nitrogens with zero attached hydrogens (tertiary/aromatic N) is 1. The van der Waals surface area contributed by atoms with E-state index in [4.69, 9.17) is 4.74 Å². The molecule has 2 aliphatic heterocycles. The minimum atomic E-state index is -0.238. The lowest BCUT2D eigenvalue weighted by Gasteiger charge is -2.35. The number of carbonyl (C=O) groups excluding carboxylic acids is 2. The van der Waals surface area contributed by atoms with Crippen molar-refractivity contribution < 1.29 is 14.3 Å². The zero-order valence-corrected chi connectivity index (χ0v) is 15.4. The van der Waals surface area contributed by atoms with Crippen LogP contribution in [0.2, 0.25) is 0 Å². The number of hydrogen-bond donors (Lipinski definition) is 2.